The summed E-state index contributed by atoms with van der Waals surface area (Å²) in [6, 6.07) is 1.97. The summed E-state index contributed by atoms with van der Waals surface area (Å²) in [5.41, 5.74) is 2.93. The van der Waals surface area contributed by atoms with E-state index in [1.807, 2.05) is 6.07 Å². The van der Waals surface area contributed by atoms with Crippen molar-refractivity contribution in [3.63, 3.8) is 0 Å². The summed E-state index contributed by atoms with van der Waals surface area (Å²) in [7, 11) is 1.36. The van der Waals surface area contributed by atoms with Gasteiger partial charge < -0.3 is 14.2 Å². The van der Waals surface area contributed by atoms with Crippen LogP contribution in [0.5, 0.6) is 11.5 Å². The van der Waals surface area contributed by atoms with Gasteiger partial charge in [-0.3, -0.25) is 4.79 Å². The maximum Gasteiger partial charge on any atom is 0.341 e. The third kappa shape index (κ3) is 4.26. The number of fused-ring (bicyclic) bond motifs is 3. The third-order valence-corrected chi connectivity index (χ3v) is 6.40. The minimum Gasteiger partial charge on any atom is -0.487 e. The fourth-order valence-corrected chi connectivity index (χ4v) is 4.93. The molecule has 1 aromatic rings. The summed E-state index contributed by atoms with van der Waals surface area (Å²) >= 11 is 0. The first-order valence-corrected chi connectivity index (χ1v) is 11.0. The van der Waals surface area contributed by atoms with E-state index in [0.717, 1.165) is 43.2 Å². The Morgan fingerprint density at radius 1 is 1.27 bits per heavy atom. The SMILES string of the molecule is CCCCCc1cc2c(c(OC(C)=O)c1C(=O)OC)C1C=C(C)CCC1C(C)(C)O2. The van der Waals surface area contributed by atoms with Gasteiger partial charge in [0.15, 0.2) is 5.75 Å². The van der Waals surface area contributed by atoms with Crippen LogP contribution in [0, 0.1) is 5.92 Å². The number of carbonyl (C=O) groups is 2. The first kappa shape index (κ1) is 22.4. The maximum absolute atomic E-state index is 12.8. The second kappa shape index (κ2) is 8.83. The molecule has 164 valence electrons. The molecule has 0 N–H and O–H groups in total. The van der Waals surface area contributed by atoms with E-state index in [-0.39, 0.29) is 17.4 Å². The molecule has 5 heteroatoms. The minimum atomic E-state index is -0.474. The monoisotopic (exact) mass is 414 g/mol. The molecular formula is C25H34O5. The minimum absolute atomic E-state index is 0.0277. The highest BCUT2D eigenvalue weighted by Crippen LogP contribution is 2.55. The number of unbranched alkanes of at least 4 members (excludes halogenated alkanes) is 2. The number of rotatable bonds is 6. The predicted octanol–water partition coefficient (Wildman–Crippen LogP) is 5.74. The molecule has 2 aliphatic rings. The average Bonchev–Trinajstić information content (AvgIpc) is 2.66. The van der Waals surface area contributed by atoms with Crippen LogP contribution in [0.2, 0.25) is 0 Å². The van der Waals surface area contributed by atoms with Crippen molar-refractivity contribution >= 4 is 11.9 Å². The van der Waals surface area contributed by atoms with Crippen molar-refractivity contribution < 1.29 is 23.8 Å². The van der Waals surface area contributed by atoms with Gasteiger partial charge in [-0.1, -0.05) is 31.4 Å². The predicted molar refractivity (Wildman–Crippen MR) is 116 cm³/mol. The van der Waals surface area contributed by atoms with Gasteiger partial charge in [-0.2, -0.15) is 0 Å². The number of allylic oxidation sites excluding steroid dienone is 2. The van der Waals surface area contributed by atoms with Gasteiger partial charge in [0.2, 0.25) is 0 Å². The second-order valence-electron chi connectivity index (χ2n) is 9.08. The lowest BCUT2D eigenvalue weighted by Gasteiger charge is -2.47. The Labute approximate surface area is 179 Å². The van der Waals surface area contributed by atoms with E-state index in [1.165, 1.54) is 19.6 Å². The van der Waals surface area contributed by atoms with Crippen LogP contribution in [0.4, 0.5) is 0 Å². The summed E-state index contributed by atoms with van der Waals surface area (Å²) in [5.74, 6) is 0.362. The molecule has 0 radical (unpaired) electrons. The Kier molecular flexibility index (Phi) is 6.59. The van der Waals surface area contributed by atoms with Crippen molar-refractivity contribution in [3.05, 3.63) is 34.4 Å². The summed E-state index contributed by atoms with van der Waals surface area (Å²) in [6.45, 7) is 9.88. The molecular weight excluding hydrogens is 380 g/mol. The van der Waals surface area contributed by atoms with E-state index in [1.54, 1.807) is 0 Å². The van der Waals surface area contributed by atoms with Crippen molar-refractivity contribution in [2.24, 2.45) is 5.92 Å². The Morgan fingerprint density at radius 2 is 2.00 bits per heavy atom. The number of ether oxygens (including phenoxy) is 3. The van der Waals surface area contributed by atoms with E-state index in [0.29, 0.717) is 23.5 Å². The summed E-state index contributed by atoms with van der Waals surface area (Å²) < 4.78 is 17.3. The normalized spacial score (nSPS) is 21.6. The summed E-state index contributed by atoms with van der Waals surface area (Å²) in [5, 5.41) is 0. The van der Waals surface area contributed by atoms with Gasteiger partial charge in [0.05, 0.1) is 7.11 Å². The van der Waals surface area contributed by atoms with Crippen molar-refractivity contribution in [1.29, 1.82) is 0 Å². The first-order valence-electron chi connectivity index (χ1n) is 11.0. The number of benzene rings is 1. The van der Waals surface area contributed by atoms with E-state index in [9.17, 15) is 9.59 Å². The quantitative estimate of drug-likeness (QED) is 0.257. The third-order valence-electron chi connectivity index (χ3n) is 6.40. The molecule has 0 fully saturated rings. The lowest BCUT2D eigenvalue weighted by Crippen LogP contribution is -2.45. The number of carbonyl (C=O) groups excluding carboxylic acids is 2. The molecule has 1 aliphatic carbocycles. The highest BCUT2D eigenvalue weighted by molar-refractivity contribution is 5.96. The molecule has 2 unspecified atom stereocenters. The molecule has 5 nitrogen and oxygen atoms in total. The van der Waals surface area contributed by atoms with Gasteiger partial charge in [-0.15, -0.1) is 0 Å². The molecule has 0 amide bonds. The van der Waals surface area contributed by atoms with Gasteiger partial charge in [-0.25, -0.2) is 4.79 Å². The number of hydrogen-bond donors (Lipinski definition) is 0. The van der Waals surface area contributed by atoms with Crippen LogP contribution in [0.3, 0.4) is 0 Å². The molecule has 1 heterocycles. The van der Waals surface area contributed by atoms with E-state index in [2.05, 4.69) is 33.8 Å². The molecule has 0 saturated heterocycles. The molecule has 0 spiro atoms. The van der Waals surface area contributed by atoms with Crippen LogP contribution in [-0.2, 0) is 16.0 Å². The molecule has 2 atom stereocenters. The van der Waals surface area contributed by atoms with Crippen LogP contribution in [0.25, 0.3) is 0 Å². The summed E-state index contributed by atoms with van der Waals surface area (Å²) in [4.78, 5) is 24.9. The molecule has 1 aromatic carbocycles. The average molecular weight is 415 g/mol. The van der Waals surface area contributed by atoms with Gasteiger partial charge >= 0.3 is 11.9 Å². The van der Waals surface area contributed by atoms with Crippen molar-refractivity contribution in [2.45, 2.75) is 84.7 Å². The largest absolute Gasteiger partial charge is 0.487 e. The van der Waals surface area contributed by atoms with Crippen molar-refractivity contribution in [2.75, 3.05) is 7.11 Å². The van der Waals surface area contributed by atoms with Crippen LogP contribution >= 0.6 is 0 Å². The van der Waals surface area contributed by atoms with Gasteiger partial charge in [0.25, 0.3) is 0 Å². The van der Waals surface area contributed by atoms with Gasteiger partial charge in [0.1, 0.15) is 16.9 Å². The molecule has 3 rings (SSSR count). The lowest BCUT2D eigenvalue weighted by atomic mass is 9.67. The van der Waals surface area contributed by atoms with E-state index < -0.39 is 11.9 Å². The molecule has 0 saturated carbocycles. The zero-order chi connectivity index (χ0) is 22.1. The Bertz CT molecular complexity index is 865. The summed E-state index contributed by atoms with van der Waals surface area (Å²) in [6.07, 6.45) is 8.03. The highest BCUT2D eigenvalue weighted by Gasteiger charge is 2.46. The van der Waals surface area contributed by atoms with Crippen LogP contribution in [-0.4, -0.2) is 24.6 Å². The van der Waals surface area contributed by atoms with Crippen LogP contribution in [0.15, 0.2) is 17.7 Å². The van der Waals surface area contributed by atoms with Gasteiger partial charge in [0, 0.05) is 24.3 Å². The fourth-order valence-electron chi connectivity index (χ4n) is 4.93. The van der Waals surface area contributed by atoms with Crippen molar-refractivity contribution in [3.8, 4) is 11.5 Å². The van der Waals surface area contributed by atoms with Crippen LogP contribution in [0.1, 0.15) is 94.1 Å². The maximum atomic E-state index is 12.8. The fraction of sp³-hybridized carbons (Fsp3) is 0.600. The number of esters is 2. The number of aryl methyl sites for hydroxylation is 1. The topological polar surface area (TPSA) is 61.8 Å². The zero-order valence-corrected chi connectivity index (χ0v) is 19.1. The molecule has 1 aliphatic heterocycles. The second-order valence-corrected chi connectivity index (χ2v) is 9.08. The van der Waals surface area contributed by atoms with Crippen LogP contribution < -0.4 is 9.47 Å². The smallest absolute Gasteiger partial charge is 0.341 e. The van der Waals surface area contributed by atoms with E-state index >= 15 is 0 Å². The lowest BCUT2D eigenvalue weighted by molar-refractivity contribution is -0.132. The van der Waals surface area contributed by atoms with Gasteiger partial charge in [-0.05, 0) is 58.1 Å². The first-order chi connectivity index (χ1) is 14.2. The highest BCUT2D eigenvalue weighted by atomic mass is 16.5. The Hall–Kier alpha value is -2.30. The molecule has 30 heavy (non-hydrogen) atoms. The molecule has 0 aromatic heterocycles. The Morgan fingerprint density at radius 3 is 2.63 bits per heavy atom. The standard InChI is InChI=1S/C25H34O5/c1-7-8-9-10-17-14-20-22(23(29-16(3)26)21(17)24(27)28-6)18-13-15(2)11-12-19(18)25(4,5)30-20/h13-14,18-19H,7-12H2,1-6H3. The number of methoxy groups -OCH3 is 1. The number of hydrogen-bond acceptors (Lipinski definition) is 5. The Balaban J connectivity index is 2.27. The van der Waals surface area contributed by atoms with Crippen molar-refractivity contribution in [1.82, 2.24) is 0 Å². The van der Waals surface area contributed by atoms with E-state index in [4.69, 9.17) is 14.2 Å². The molecule has 0 bridgehead atoms. The zero-order valence-electron chi connectivity index (χ0n) is 19.1.